The summed E-state index contributed by atoms with van der Waals surface area (Å²) in [6, 6.07) is 1.77. The molecule has 3 fully saturated rings. The minimum absolute atomic E-state index is 0.311. The maximum Gasteiger partial charge on any atom is 0.155 e. The van der Waals surface area contributed by atoms with Crippen molar-refractivity contribution in [2.45, 2.75) is 148 Å². The van der Waals surface area contributed by atoms with Crippen molar-refractivity contribution in [2.24, 2.45) is 5.92 Å². The highest BCUT2D eigenvalue weighted by Gasteiger charge is 2.34. The van der Waals surface area contributed by atoms with E-state index in [0.29, 0.717) is 22.5 Å². The van der Waals surface area contributed by atoms with Crippen molar-refractivity contribution < 1.29 is 76.9 Å². The summed E-state index contributed by atoms with van der Waals surface area (Å²) in [7, 11) is 85.7. The Labute approximate surface area is 635 Å². The van der Waals surface area contributed by atoms with Gasteiger partial charge in [-0.25, -0.2) is 8.42 Å². The summed E-state index contributed by atoms with van der Waals surface area (Å²) in [6.07, 6.45) is 25.8. The van der Waals surface area contributed by atoms with Gasteiger partial charge in [0.05, 0.1) is 390 Å². The smallest absolute Gasteiger partial charge is 0.155 e. The van der Waals surface area contributed by atoms with Crippen molar-refractivity contribution in [1.29, 1.82) is 0 Å². The Bertz CT molecular complexity index is 1920. The van der Waals surface area contributed by atoms with Gasteiger partial charge in [-0.1, -0.05) is 6.42 Å². The van der Waals surface area contributed by atoms with E-state index < -0.39 is 9.84 Å². The average molecular weight is 1470 g/mol. The first-order chi connectivity index (χ1) is 44.1. The predicted octanol–water partition coefficient (Wildman–Crippen LogP) is 9.77. The SMILES string of the molecule is C=C[N+](C)(C)C.CC[N+](C)(CC)CC.C[N+](C)(C)C1CC1.C[N+](C)(C)CC1CC1.C[N+](C)(C)CCCCCS(=O)(=O)CC[N+](C)(C)C.C[N+](C)(C)CCCCC[N+](C)(C)C.C[N+](C)(C)CCCC[N+](C)(C)C.C[N+](C)(C)CCC[N+](C)(C)C.C[N+](C)(C)CC[N+](C)(C)C.[NH3+]C1CCCCC1. The molecule has 3 aliphatic rings. The molecule has 0 atom stereocenters. The number of hydrogen-bond donors (Lipinski definition) is 1. The van der Waals surface area contributed by atoms with Crippen LogP contribution >= 0.6 is 0 Å². The molecule has 3 saturated carbocycles. The van der Waals surface area contributed by atoms with E-state index in [2.05, 4.69) is 294 Å². The van der Waals surface area contributed by atoms with E-state index in [-0.39, 0.29) is 0 Å². The van der Waals surface area contributed by atoms with Crippen LogP contribution in [0.25, 0.3) is 0 Å². The standard InChI is InChI=1S/C13H32N2O2S.C11H28N2.C10H26N2.C9H24N2.C8H22N2.C7H16N.C7H18N.C6H14N.C6H13N.C5H12N/c1-14(2,3)10-8-7-9-12-18(16,17)13-11-15(4,5)6;1-12(2,3)10-8-7-9-11-13(4,5)6;1-11(2,3)9-7-8-10-12(4,5)6;1-10(2,3)8-7-9-11(4,5)6;1-9(2,3)7-8-10(4,5)6;1-8(2,3)6-7-4-5-7;1-5-8(4,6-2)7-3;1-7(2,3)6-4-5-6;7-6-4-2-1-3-5-6;1-5-6(2,3)4/h7-13H2,1-6H3;7-11H2,1-6H3;7-10H2,1-6H3;7-9H2,1-6H3;7-8H2,1-6H3;7H,4-6H2,1-3H3;5-7H2,1-4H3;6H,4-5H2,1-3H3;6H,1-5,7H2;5H,1H2,2-4H3/q5*+2;3*+1;;+1/p+1. The van der Waals surface area contributed by atoms with Gasteiger partial charge in [-0.05, 0) is 104 Å². The molecular weight excluding hydrogens is 1260 g/mol. The summed E-state index contributed by atoms with van der Waals surface area (Å²) >= 11 is 0. The van der Waals surface area contributed by atoms with Gasteiger partial charge in [0.2, 0.25) is 0 Å². The van der Waals surface area contributed by atoms with Crippen LogP contribution in [0.1, 0.15) is 136 Å². The molecule has 0 amide bonds. The summed E-state index contributed by atoms with van der Waals surface area (Å²) in [5.41, 5.74) is 4.00. The lowest BCUT2D eigenvalue weighted by atomic mass is 9.97. The molecule has 612 valence electrons. The second kappa shape index (κ2) is 52.2. The van der Waals surface area contributed by atoms with Gasteiger partial charge < -0.3 is 68.5 Å². The maximum atomic E-state index is 11.8. The topological polar surface area (TPSA) is 61.8 Å². The molecule has 17 nitrogen and oxygen atoms in total. The summed E-state index contributed by atoms with van der Waals surface area (Å²) < 4.78 is 38.3. The molecule has 0 aromatic rings. The maximum absolute atomic E-state index is 11.8. The molecule has 0 saturated heterocycles. The number of nitrogens with zero attached hydrogens (tertiary/aromatic N) is 14. The molecule has 0 radical (unpaired) electrons. The second-order valence-corrected chi connectivity index (χ2v) is 46.4. The molecule has 0 aromatic heterocycles. The molecule has 3 rings (SSSR count). The first-order valence-corrected chi connectivity index (χ1v) is 41.9. The van der Waals surface area contributed by atoms with E-state index in [9.17, 15) is 8.42 Å². The highest BCUT2D eigenvalue weighted by atomic mass is 32.2. The first kappa shape index (κ1) is 112. The summed E-state index contributed by atoms with van der Waals surface area (Å²) in [4.78, 5) is 0. The van der Waals surface area contributed by atoms with Gasteiger partial charge in [0.25, 0.3) is 0 Å². The molecule has 100 heavy (non-hydrogen) atoms. The zero-order valence-electron chi connectivity index (χ0n) is 78.3. The fourth-order valence-electron chi connectivity index (χ4n) is 9.52. The molecule has 0 bridgehead atoms. The first-order valence-electron chi connectivity index (χ1n) is 40.0. The third-order valence-corrected chi connectivity index (χ3v) is 19.4. The summed E-state index contributed by atoms with van der Waals surface area (Å²) in [6.45, 7) is 27.5. The molecule has 3 aliphatic carbocycles. The van der Waals surface area contributed by atoms with E-state index in [1.807, 2.05) is 27.3 Å². The average Bonchev–Trinajstić information content (AvgIpc) is 1.72. The Morgan fingerprint density at radius 1 is 0.310 bits per heavy atom. The van der Waals surface area contributed by atoms with Crippen LogP contribution < -0.4 is 5.73 Å². The van der Waals surface area contributed by atoms with Gasteiger partial charge in [-0.2, -0.15) is 0 Å². The van der Waals surface area contributed by atoms with E-state index in [0.717, 1.165) is 93.1 Å². The number of sulfone groups is 1. The van der Waals surface area contributed by atoms with E-state index in [1.54, 1.807) is 0 Å². The lowest BCUT2D eigenvalue weighted by molar-refractivity contribution is -0.927. The summed E-state index contributed by atoms with van der Waals surface area (Å²) in [5.74, 6) is 1.73. The van der Waals surface area contributed by atoms with Crippen molar-refractivity contribution in [3.05, 3.63) is 12.8 Å². The Kier molecular flexibility index (Phi) is 58.7. The fraction of sp³-hybridized carbons (Fsp3) is 0.976. The zero-order chi connectivity index (χ0) is 81.0. The Hall–Kier alpha value is -0.910. The van der Waals surface area contributed by atoms with Crippen molar-refractivity contribution in [3.8, 4) is 0 Å². The number of hydrogen-bond acceptors (Lipinski definition) is 2. The molecule has 18 heteroatoms. The van der Waals surface area contributed by atoms with Crippen molar-refractivity contribution >= 4 is 9.84 Å². The van der Waals surface area contributed by atoms with Crippen LogP contribution in [0.5, 0.6) is 0 Å². The van der Waals surface area contributed by atoms with Crippen LogP contribution in [-0.2, 0) is 9.84 Å². The predicted molar refractivity (Wildman–Crippen MR) is 452 cm³/mol. The van der Waals surface area contributed by atoms with E-state index >= 15 is 0 Å². The summed E-state index contributed by atoms with van der Waals surface area (Å²) in [5, 5.41) is 0. The van der Waals surface area contributed by atoms with Gasteiger partial charge in [-0.15, -0.1) is 0 Å². The highest BCUT2D eigenvalue weighted by Crippen LogP contribution is 2.30. The van der Waals surface area contributed by atoms with Crippen LogP contribution in [0.15, 0.2) is 12.8 Å². The molecular formula is C82H206N15O2S+15. The third-order valence-electron chi connectivity index (χ3n) is 17.7. The number of quaternary nitrogens is 15. The van der Waals surface area contributed by atoms with Gasteiger partial charge >= 0.3 is 0 Å². The highest BCUT2D eigenvalue weighted by molar-refractivity contribution is 7.91. The van der Waals surface area contributed by atoms with Crippen LogP contribution in [0, 0.1) is 5.92 Å². The Balaban J connectivity index is -0.000000195. The van der Waals surface area contributed by atoms with Gasteiger partial charge in [0.1, 0.15) is 13.1 Å². The number of rotatable bonds is 34. The van der Waals surface area contributed by atoms with Crippen molar-refractivity contribution in [1.82, 2.24) is 0 Å². The second-order valence-electron chi connectivity index (χ2n) is 44.1. The zero-order valence-corrected chi connectivity index (χ0v) is 79.1. The van der Waals surface area contributed by atoms with Crippen molar-refractivity contribution in [2.75, 3.05) is 385 Å². The Morgan fingerprint density at radius 3 is 0.720 bits per heavy atom. The molecule has 0 spiro atoms. The van der Waals surface area contributed by atoms with Gasteiger partial charge in [0.15, 0.2) is 9.84 Å². The minimum atomic E-state index is -2.85. The fourth-order valence-corrected chi connectivity index (χ4v) is 11.2. The third kappa shape index (κ3) is 118. The normalized spacial score (nSPS) is 15.4. The van der Waals surface area contributed by atoms with E-state index in [4.69, 9.17) is 0 Å². The van der Waals surface area contributed by atoms with Crippen LogP contribution in [-0.4, -0.2) is 468 Å². The number of unbranched alkanes of at least 4 members (excludes halogenated alkanes) is 5. The van der Waals surface area contributed by atoms with Crippen molar-refractivity contribution in [3.63, 3.8) is 0 Å². The Morgan fingerprint density at radius 2 is 0.560 bits per heavy atom. The van der Waals surface area contributed by atoms with Crippen LogP contribution in [0.2, 0.25) is 0 Å². The minimum Gasteiger partial charge on any atom is -0.355 e. The molecule has 3 N–H and O–H groups in total. The number of likely N-dealkylation sites (N-methyl/N-ethyl adjacent to an activating group) is 2. The molecule has 0 aliphatic heterocycles. The molecule has 0 heterocycles. The van der Waals surface area contributed by atoms with Crippen LogP contribution in [0.4, 0.5) is 0 Å². The lowest BCUT2D eigenvalue weighted by Crippen LogP contribution is -2.61. The van der Waals surface area contributed by atoms with E-state index in [1.165, 1.54) is 184 Å². The monoisotopic (exact) mass is 1470 g/mol. The largest absolute Gasteiger partial charge is 0.355 e. The van der Waals surface area contributed by atoms with Gasteiger partial charge in [0, 0.05) is 38.0 Å². The molecule has 0 aromatic carbocycles. The quantitative estimate of drug-likeness (QED) is 0.0516. The lowest BCUT2D eigenvalue weighted by Gasteiger charge is -2.30. The van der Waals surface area contributed by atoms with Crippen LogP contribution in [0.3, 0.4) is 0 Å². The molecule has 0 unspecified atom stereocenters. The van der Waals surface area contributed by atoms with Gasteiger partial charge in [-0.3, -0.25) is 0 Å².